The highest BCUT2D eigenvalue weighted by Gasteiger charge is 2.21. The number of rotatable bonds is 6. The maximum absolute atomic E-state index is 12.2. The molecule has 6 nitrogen and oxygen atoms in total. The molecule has 0 unspecified atom stereocenters. The molecule has 24 heavy (non-hydrogen) atoms. The van der Waals surface area contributed by atoms with E-state index in [1.807, 2.05) is 43.5 Å². The molecule has 3 rings (SSSR count). The fourth-order valence-electron chi connectivity index (χ4n) is 2.66. The number of carbonyl (C=O) groups is 1. The van der Waals surface area contributed by atoms with Crippen molar-refractivity contribution in [1.82, 2.24) is 15.1 Å². The molecular formula is C18H23N3O3. The van der Waals surface area contributed by atoms with Crippen LogP contribution in [0.3, 0.4) is 0 Å². The minimum Gasteiger partial charge on any atom is -0.463 e. The Hall–Kier alpha value is -2.34. The van der Waals surface area contributed by atoms with Gasteiger partial charge in [-0.05, 0) is 38.8 Å². The third-order valence-electron chi connectivity index (χ3n) is 4.06. The van der Waals surface area contributed by atoms with Crippen LogP contribution in [0.15, 0.2) is 36.5 Å². The van der Waals surface area contributed by atoms with E-state index in [0.29, 0.717) is 12.4 Å². The molecule has 128 valence electrons. The Labute approximate surface area is 141 Å². The minimum atomic E-state index is -0.607. The molecule has 1 N–H and O–H groups in total. The monoisotopic (exact) mass is 329 g/mol. The van der Waals surface area contributed by atoms with Gasteiger partial charge in [-0.3, -0.25) is 4.79 Å². The van der Waals surface area contributed by atoms with Gasteiger partial charge in [0.15, 0.2) is 6.10 Å². The number of benzene rings is 1. The first-order valence-corrected chi connectivity index (χ1v) is 8.31. The highest BCUT2D eigenvalue weighted by Crippen LogP contribution is 2.19. The number of nitrogens with one attached hydrogen (secondary N) is 1. The molecule has 1 aliphatic heterocycles. The predicted molar refractivity (Wildman–Crippen MR) is 90.4 cm³/mol. The number of para-hydroxylation sites is 1. The lowest BCUT2D eigenvalue weighted by Crippen LogP contribution is -2.40. The fourth-order valence-corrected chi connectivity index (χ4v) is 2.66. The summed E-state index contributed by atoms with van der Waals surface area (Å²) < 4.78 is 13.0. The van der Waals surface area contributed by atoms with E-state index in [9.17, 15) is 4.79 Å². The molecule has 1 fully saturated rings. The van der Waals surface area contributed by atoms with Crippen molar-refractivity contribution in [2.45, 2.75) is 38.9 Å². The number of nitrogens with zero attached hydrogens (tertiary/aromatic N) is 2. The Morgan fingerprint density at radius 1 is 1.46 bits per heavy atom. The van der Waals surface area contributed by atoms with Crippen LogP contribution in [0.4, 0.5) is 0 Å². The van der Waals surface area contributed by atoms with Gasteiger partial charge in [0.1, 0.15) is 0 Å². The molecule has 0 bridgehead atoms. The van der Waals surface area contributed by atoms with E-state index < -0.39 is 6.10 Å². The van der Waals surface area contributed by atoms with Gasteiger partial charge in [0.2, 0.25) is 5.88 Å². The van der Waals surface area contributed by atoms with E-state index in [1.165, 1.54) is 0 Å². The summed E-state index contributed by atoms with van der Waals surface area (Å²) in [5.74, 6) is 0.317. The first-order chi connectivity index (χ1) is 11.6. The van der Waals surface area contributed by atoms with Crippen molar-refractivity contribution in [3.63, 3.8) is 0 Å². The maximum atomic E-state index is 12.2. The zero-order valence-corrected chi connectivity index (χ0v) is 14.1. The number of aryl methyl sites for hydroxylation is 1. The second-order valence-corrected chi connectivity index (χ2v) is 6.04. The van der Waals surface area contributed by atoms with E-state index in [2.05, 4.69) is 10.4 Å². The van der Waals surface area contributed by atoms with Crippen LogP contribution in [0.25, 0.3) is 5.69 Å². The summed E-state index contributed by atoms with van der Waals surface area (Å²) in [5.41, 5.74) is 1.84. The molecule has 0 spiro atoms. The van der Waals surface area contributed by atoms with Gasteiger partial charge in [0.25, 0.3) is 5.91 Å². The van der Waals surface area contributed by atoms with Crippen molar-refractivity contribution < 1.29 is 14.3 Å². The number of hydrogen-bond donors (Lipinski definition) is 1. The van der Waals surface area contributed by atoms with Gasteiger partial charge in [-0.25, -0.2) is 4.68 Å². The van der Waals surface area contributed by atoms with Gasteiger partial charge in [-0.1, -0.05) is 18.2 Å². The lowest BCUT2D eigenvalue weighted by atomic mass is 10.2. The molecule has 2 aromatic rings. The Balaban J connectivity index is 1.58. The average Bonchev–Trinajstić information content (AvgIpc) is 3.24. The molecule has 0 aliphatic carbocycles. The Bertz CT molecular complexity index is 678. The summed E-state index contributed by atoms with van der Waals surface area (Å²) in [6.45, 7) is 4.96. The zero-order valence-electron chi connectivity index (χ0n) is 14.1. The molecule has 1 saturated heterocycles. The minimum absolute atomic E-state index is 0.125. The number of carbonyl (C=O) groups excluding carboxylic acids is 1. The molecule has 6 heteroatoms. The summed E-state index contributed by atoms with van der Waals surface area (Å²) in [5, 5.41) is 7.31. The lowest BCUT2D eigenvalue weighted by Gasteiger charge is -2.15. The van der Waals surface area contributed by atoms with Crippen LogP contribution >= 0.6 is 0 Å². The molecule has 1 aromatic carbocycles. The number of amides is 1. The van der Waals surface area contributed by atoms with Gasteiger partial charge in [-0.15, -0.1) is 5.10 Å². The molecule has 0 saturated carbocycles. The number of aromatic nitrogens is 2. The largest absolute Gasteiger partial charge is 0.463 e. The smallest absolute Gasteiger partial charge is 0.260 e. The normalized spacial score (nSPS) is 18.3. The zero-order chi connectivity index (χ0) is 16.9. The molecule has 2 heterocycles. The summed E-state index contributed by atoms with van der Waals surface area (Å²) >= 11 is 0. The summed E-state index contributed by atoms with van der Waals surface area (Å²) in [7, 11) is 0. The third-order valence-corrected chi connectivity index (χ3v) is 4.06. The SMILES string of the molecule is Cc1cn(-c2ccccc2)nc1O[C@H](C)C(=O)NC[C@H]1CCCO1. The summed E-state index contributed by atoms with van der Waals surface area (Å²) in [6.07, 6.45) is 3.46. The third kappa shape index (κ3) is 3.94. The molecule has 1 aliphatic rings. The molecule has 1 aromatic heterocycles. The van der Waals surface area contributed by atoms with Crippen LogP contribution < -0.4 is 10.1 Å². The van der Waals surface area contributed by atoms with Gasteiger partial charge < -0.3 is 14.8 Å². The van der Waals surface area contributed by atoms with Crippen molar-refractivity contribution in [3.05, 3.63) is 42.1 Å². The Morgan fingerprint density at radius 2 is 2.25 bits per heavy atom. The second-order valence-electron chi connectivity index (χ2n) is 6.04. The second kappa shape index (κ2) is 7.49. The van der Waals surface area contributed by atoms with E-state index in [-0.39, 0.29) is 12.0 Å². The van der Waals surface area contributed by atoms with Gasteiger partial charge in [-0.2, -0.15) is 0 Å². The average molecular weight is 329 g/mol. The van der Waals surface area contributed by atoms with Crippen LogP contribution in [0, 0.1) is 6.92 Å². The van der Waals surface area contributed by atoms with Crippen molar-refractivity contribution in [1.29, 1.82) is 0 Å². The first-order valence-electron chi connectivity index (χ1n) is 8.31. The topological polar surface area (TPSA) is 65.4 Å². The highest BCUT2D eigenvalue weighted by molar-refractivity contribution is 5.80. The summed E-state index contributed by atoms with van der Waals surface area (Å²) in [6, 6.07) is 9.79. The first kappa shape index (κ1) is 16.5. The van der Waals surface area contributed by atoms with Gasteiger partial charge >= 0.3 is 0 Å². The molecule has 0 radical (unpaired) electrons. The van der Waals surface area contributed by atoms with Crippen LogP contribution in [0.2, 0.25) is 0 Å². The fraction of sp³-hybridized carbons (Fsp3) is 0.444. The highest BCUT2D eigenvalue weighted by atomic mass is 16.5. The van der Waals surface area contributed by atoms with Crippen molar-refractivity contribution in [3.8, 4) is 11.6 Å². The predicted octanol–water partition coefficient (Wildman–Crippen LogP) is 2.24. The van der Waals surface area contributed by atoms with Crippen molar-refractivity contribution in [2.24, 2.45) is 0 Å². The van der Waals surface area contributed by atoms with Gasteiger partial charge in [0.05, 0.1) is 11.8 Å². The standard InChI is InChI=1S/C18H23N3O3/c1-13-12-21(15-7-4-3-5-8-15)20-18(13)24-14(2)17(22)19-11-16-9-6-10-23-16/h3-5,7-8,12,14,16H,6,9-11H2,1-2H3,(H,19,22)/t14-,16-/m1/s1. The van der Waals surface area contributed by atoms with E-state index in [4.69, 9.17) is 9.47 Å². The van der Waals surface area contributed by atoms with Crippen LogP contribution in [0.1, 0.15) is 25.3 Å². The molecule has 1 amide bonds. The summed E-state index contributed by atoms with van der Waals surface area (Å²) in [4.78, 5) is 12.2. The van der Waals surface area contributed by atoms with Crippen LogP contribution in [-0.2, 0) is 9.53 Å². The maximum Gasteiger partial charge on any atom is 0.260 e. The van der Waals surface area contributed by atoms with Gasteiger partial charge in [0, 0.05) is 24.9 Å². The quantitative estimate of drug-likeness (QED) is 0.883. The van der Waals surface area contributed by atoms with E-state index >= 15 is 0 Å². The van der Waals surface area contributed by atoms with Crippen LogP contribution in [0.5, 0.6) is 5.88 Å². The van der Waals surface area contributed by atoms with Crippen molar-refractivity contribution >= 4 is 5.91 Å². The lowest BCUT2D eigenvalue weighted by molar-refractivity contribution is -0.127. The van der Waals surface area contributed by atoms with Crippen molar-refractivity contribution in [2.75, 3.05) is 13.2 Å². The number of hydrogen-bond acceptors (Lipinski definition) is 4. The molecule has 2 atom stereocenters. The number of ether oxygens (including phenoxy) is 2. The van der Waals surface area contributed by atoms with E-state index in [0.717, 1.165) is 30.7 Å². The Morgan fingerprint density at radius 3 is 2.96 bits per heavy atom. The Kier molecular flexibility index (Phi) is 5.15. The van der Waals surface area contributed by atoms with E-state index in [1.54, 1.807) is 11.6 Å². The molecular weight excluding hydrogens is 306 g/mol. The van der Waals surface area contributed by atoms with Crippen LogP contribution in [-0.4, -0.2) is 41.0 Å².